The second kappa shape index (κ2) is 24.5. The van der Waals surface area contributed by atoms with E-state index in [0.717, 1.165) is 5.69 Å². The Kier molecular flexibility index (Phi) is 20.1. The Bertz CT molecular complexity index is 2040. The molecule has 0 spiro atoms. The summed E-state index contributed by atoms with van der Waals surface area (Å²) in [7, 11) is 4.89. The summed E-state index contributed by atoms with van der Waals surface area (Å²) < 4.78 is 52.1. The Morgan fingerprint density at radius 1 is 0.930 bits per heavy atom. The van der Waals surface area contributed by atoms with Crippen LogP contribution >= 0.6 is 0 Å². The monoisotopic (exact) mass is 1010 g/mol. The van der Waals surface area contributed by atoms with Crippen LogP contribution in [0, 0.1) is 33.8 Å². The van der Waals surface area contributed by atoms with Gasteiger partial charge in [-0.1, -0.05) is 32.9 Å². The van der Waals surface area contributed by atoms with Gasteiger partial charge in [0, 0.05) is 88.7 Å². The molecule has 18 atom stereocenters. The molecule has 4 heterocycles. The number of cyclic esters (lactones) is 1. The number of carbonyl (C=O) groups excluding carboxylic acids is 2. The predicted octanol–water partition coefficient (Wildman–Crippen LogP) is 4.02. The first-order valence-electron chi connectivity index (χ1n) is 25.0. The van der Waals surface area contributed by atoms with E-state index in [1.54, 1.807) is 58.4 Å². The first-order chi connectivity index (χ1) is 33.3. The highest BCUT2D eigenvalue weighted by Crippen LogP contribution is 2.42. The van der Waals surface area contributed by atoms with Crippen molar-refractivity contribution in [1.82, 2.24) is 19.9 Å². The minimum Gasteiger partial charge on any atom is -0.494 e. The molecule has 2 aromatic rings. The van der Waals surface area contributed by atoms with Crippen molar-refractivity contribution in [1.29, 1.82) is 0 Å². The highest BCUT2D eigenvalue weighted by molar-refractivity contribution is 5.83. The minimum atomic E-state index is -2.01. The molecule has 3 aliphatic rings. The van der Waals surface area contributed by atoms with Crippen LogP contribution in [0.25, 0.3) is 0 Å². The molecule has 21 nitrogen and oxygen atoms in total. The zero-order valence-electron chi connectivity index (χ0n) is 43.8. The van der Waals surface area contributed by atoms with E-state index in [1.165, 1.54) is 40.2 Å². The van der Waals surface area contributed by atoms with Gasteiger partial charge in [-0.3, -0.25) is 24.4 Å². The van der Waals surface area contributed by atoms with E-state index in [-0.39, 0.29) is 36.8 Å². The molecule has 3 saturated heterocycles. The third-order valence-electron chi connectivity index (χ3n) is 15.3. The van der Waals surface area contributed by atoms with Crippen molar-refractivity contribution in [2.45, 2.75) is 199 Å². The number of carbonyl (C=O) groups is 2. The lowest BCUT2D eigenvalue weighted by atomic mass is 9.74. The van der Waals surface area contributed by atoms with Crippen LogP contribution in [0.2, 0.25) is 0 Å². The Labute approximate surface area is 417 Å². The molecule has 0 radical (unpaired) electrons. The Morgan fingerprint density at radius 2 is 1.59 bits per heavy atom. The molecule has 0 amide bonds. The van der Waals surface area contributed by atoms with Crippen molar-refractivity contribution in [3.8, 4) is 5.75 Å². The number of aromatic nitrogens is 3. The van der Waals surface area contributed by atoms with E-state index in [9.17, 15) is 40.1 Å². The second-order valence-electron chi connectivity index (χ2n) is 20.8. The largest absolute Gasteiger partial charge is 0.494 e. The number of nitro groups is 1. The number of aliphatic hydroxyl groups excluding tert-OH is 3. The summed E-state index contributed by atoms with van der Waals surface area (Å²) in [6.45, 7) is 18.3. The van der Waals surface area contributed by atoms with E-state index in [2.05, 4.69) is 10.3 Å². The van der Waals surface area contributed by atoms with Crippen molar-refractivity contribution < 1.29 is 72.8 Å². The number of nitro benzene ring substituents is 1. The van der Waals surface area contributed by atoms with E-state index < -0.39 is 113 Å². The van der Waals surface area contributed by atoms with E-state index in [1.807, 2.05) is 32.0 Å². The van der Waals surface area contributed by atoms with Crippen LogP contribution in [-0.4, -0.2) is 176 Å². The van der Waals surface area contributed by atoms with Gasteiger partial charge in [0.05, 0.1) is 64.9 Å². The van der Waals surface area contributed by atoms with Gasteiger partial charge < -0.3 is 63.2 Å². The van der Waals surface area contributed by atoms with Gasteiger partial charge in [-0.05, 0) is 80.0 Å². The number of nitrogens with zero attached hydrogens (tertiary/aromatic N) is 5. The topological polar surface area (TPSA) is 266 Å². The fraction of sp³-hybridized carbons (Fsp3) is 0.800. The number of non-ortho nitro benzene ring substituents is 1. The first kappa shape index (κ1) is 58.2. The summed E-state index contributed by atoms with van der Waals surface area (Å²) in [6.07, 6.45) is -6.75. The minimum absolute atomic E-state index is 0.00949. The lowest BCUT2D eigenvalue weighted by Gasteiger charge is -2.50. The lowest BCUT2D eigenvalue weighted by molar-refractivity contribution is -0.384. The van der Waals surface area contributed by atoms with Gasteiger partial charge in [0.2, 0.25) is 0 Å². The van der Waals surface area contributed by atoms with Crippen LogP contribution in [-0.2, 0) is 55.7 Å². The highest BCUT2D eigenvalue weighted by Gasteiger charge is 2.54. The zero-order valence-corrected chi connectivity index (χ0v) is 43.8. The summed E-state index contributed by atoms with van der Waals surface area (Å²) in [4.78, 5) is 41.2. The molecule has 0 bridgehead atoms. The quantitative estimate of drug-likeness (QED) is 0.0754. The summed E-state index contributed by atoms with van der Waals surface area (Å²) >= 11 is 0. The smallest absolute Gasteiger partial charge is 0.311 e. The van der Waals surface area contributed by atoms with Crippen LogP contribution in [0.15, 0.2) is 30.5 Å². The molecule has 0 unspecified atom stereocenters. The van der Waals surface area contributed by atoms with Gasteiger partial charge >= 0.3 is 5.97 Å². The van der Waals surface area contributed by atoms with E-state index in [4.69, 9.17) is 37.9 Å². The average Bonchev–Trinajstić information content (AvgIpc) is 3.80. The number of aryl methyl sites for hydroxylation is 1. The Morgan fingerprint density at radius 3 is 2.21 bits per heavy atom. The number of aliphatic hydroxyl groups is 4. The number of likely N-dealkylation sites (N-methyl/N-ethyl adjacent to an activating group) is 1. The molecular formula is C50H81N5O16. The third-order valence-corrected chi connectivity index (χ3v) is 15.3. The maximum Gasteiger partial charge on any atom is 0.311 e. The Balaban J connectivity index is 1.40. The number of methoxy groups -OCH3 is 2. The third kappa shape index (κ3) is 13.7. The predicted molar refractivity (Wildman–Crippen MR) is 257 cm³/mol. The molecule has 0 aliphatic carbocycles. The molecule has 402 valence electrons. The van der Waals surface area contributed by atoms with Crippen molar-refractivity contribution >= 4 is 17.4 Å². The molecule has 71 heavy (non-hydrogen) atoms. The van der Waals surface area contributed by atoms with Crippen molar-refractivity contribution in [3.63, 3.8) is 0 Å². The molecule has 4 N–H and O–H groups in total. The normalized spacial score (nSPS) is 38.9. The number of hydrogen-bond donors (Lipinski definition) is 4. The second-order valence-corrected chi connectivity index (χ2v) is 20.8. The molecule has 0 saturated carbocycles. The van der Waals surface area contributed by atoms with Crippen molar-refractivity contribution in [2.24, 2.45) is 23.7 Å². The SMILES string of the molecule is CC[C@H]1OC(=O)[C@H](C)[C@@H](O[C@H]2C[C@@](C)(OC)[C@@H](O)[C@H](C)O2)[C@H](C)[C@@H](O[C@H]2O[C@H](C)C[C@H](N(C)CCc3cn(CCCOc4ccc([N+](=O)[O-])cc4)nn3)[C@H]2O)[C@](C)(OC)C[C@@H](C)C(=O)[C@@H](C)[C@@H](O)[C@]1(C)O. The standard InChI is InChI=1S/C50H81N5O16/c1-14-38-50(10,61)43(58)30(4)40(56)28(2)25-49(9,65-13)45(31(5)42(32(6)46(60)69-38)70-39-26-48(8,64-12)44(59)33(7)68-39)71-47-41(57)37(24-29(3)67-47)53(11)22-20-34-27-54(52-51-34)21-15-23-66-36-18-16-35(17-19-36)55(62)63/h16-19,27-33,37-39,41-45,47,57-59,61H,14-15,20-26H2,1-13H3/t28-,29-,30-,31+,32-,33+,37+,38-,39+,41-,42+,43-,44+,45-,47-,48-,49-,50-/m1/s1. The van der Waals surface area contributed by atoms with Crippen LogP contribution < -0.4 is 4.74 Å². The fourth-order valence-corrected chi connectivity index (χ4v) is 10.6. The van der Waals surface area contributed by atoms with Crippen LogP contribution in [0.1, 0.15) is 107 Å². The summed E-state index contributed by atoms with van der Waals surface area (Å²) in [5.41, 5.74) is -3.69. The van der Waals surface area contributed by atoms with Gasteiger partial charge in [-0.25, -0.2) is 0 Å². The van der Waals surface area contributed by atoms with Crippen LogP contribution in [0.5, 0.6) is 5.75 Å². The molecule has 1 aromatic heterocycles. The summed E-state index contributed by atoms with van der Waals surface area (Å²) in [5, 5.41) is 66.3. The molecule has 3 aliphatic heterocycles. The molecule has 5 rings (SSSR count). The number of hydrogen-bond acceptors (Lipinski definition) is 19. The van der Waals surface area contributed by atoms with Crippen LogP contribution in [0.4, 0.5) is 5.69 Å². The van der Waals surface area contributed by atoms with Gasteiger partial charge in [0.1, 0.15) is 35.4 Å². The maximum absolute atomic E-state index is 14.4. The molecule has 21 heteroatoms. The first-order valence-corrected chi connectivity index (χ1v) is 25.0. The van der Waals surface area contributed by atoms with E-state index in [0.29, 0.717) is 44.7 Å². The molecule has 3 fully saturated rings. The number of esters is 1. The van der Waals surface area contributed by atoms with Crippen molar-refractivity contribution in [2.75, 3.05) is 34.4 Å². The number of rotatable bonds is 17. The number of benzene rings is 1. The average molecular weight is 1010 g/mol. The lowest BCUT2D eigenvalue weighted by Crippen LogP contribution is -2.61. The number of ether oxygens (including phenoxy) is 8. The molecule has 1 aromatic carbocycles. The maximum atomic E-state index is 14.4. The number of ketones is 1. The van der Waals surface area contributed by atoms with Gasteiger partial charge in [-0.15, -0.1) is 5.10 Å². The summed E-state index contributed by atoms with van der Waals surface area (Å²) in [5.74, 6) is -4.26. The van der Waals surface area contributed by atoms with Gasteiger partial charge in [0.15, 0.2) is 12.6 Å². The number of Topliss-reactive ketones (excluding diaryl/α,β-unsaturated/α-hetero) is 1. The highest BCUT2D eigenvalue weighted by atomic mass is 16.7. The van der Waals surface area contributed by atoms with E-state index >= 15 is 0 Å². The van der Waals surface area contributed by atoms with Gasteiger partial charge in [0.25, 0.3) is 5.69 Å². The van der Waals surface area contributed by atoms with Crippen molar-refractivity contribution in [3.05, 3.63) is 46.3 Å². The van der Waals surface area contributed by atoms with Crippen LogP contribution in [0.3, 0.4) is 0 Å². The van der Waals surface area contributed by atoms with Gasteiger partial charge in [-0.2, -0.15) is 0 Å². The zero-order chi connectivity index (χ0) is 52.7. The molecular weight excluding hydrogens is 927 g/mol. The fourth-order valence-electron chi connectivity index (χ4n) is 10.6. The Hall–Kier alpha value is -3.74. The summed E-state index contributed by atoms with van der Waals surface area (Å²) in [6, 6.07) is 5.46.